The largest absolute Gasteiger partial charge is 0.381 e. The molecular formula is C24H35N5O2. The van der Waals surface area contributed by atoms with Crippen molar-refractivity contribution in [2.75, 3.05) is 32.8 Å². The van der Waals surface area contributed by atoms with E-state index < -0.39 is 0 Å². The molecular weight excluding hydrogens is 390 g/mol. The van der Waals surface area contributed by atoms with E-state index in [1.54, 1.807) is 17.1 Å². The summed E-state index contributed by atoms with van der Waals surface area (Å²) in [7, 11) is 0. The van der Waals surface area contributed by atoms with Crippen LogP contribution >= 0.6 is 0 Å². The third-order valence-corrected chi connectivity index (χ3v) is 6.63. The number of pyridine rings is 1. The van der Waals surface area contributed by atoms with E-state index in [2.05, 4.69) is 27.2 Å². The molecule has 1 amide bonds. The topological polar surface area (TPSA) is 72.3 Å². The second-order valence-corrected chi connectivity index (χ2v) is 8.91. The minimum absolute atomic E-state index is 0.0238. The predicted molar refractivity (Wildman–Crippen MR) is 120 cm³/mol. The van der Waals surface area contributed by atoms with Crippen LogP contribution in [-0.2, 0) is 4.74 Å². The first kappa shape index (κ1) is 22.0. The van der Waals surface area contributed by atoms with E-state index in [4.69, 9.17) is 4.74 Å². The number of hydrogen-bond acceptors (Lipinski definition) is 5. The van der Waals surface area contributed by atoms with E-state index in [1.165, 1.54) is 38.6 Å². The highest BCUT2D eigenvalue weighted by Crippen LogP contribution is 2.27. The molecule has 7 nitrogen and oxygen atoms in total. The van der Waals surface area contributed by atoms with Crippen molar-refractivity contribution in [3.05, 3.63) is 42.4 Å². The fraction of sp³-hybridized carbons (Fsp3) is 0.625. The summed E-state index contributed by atoms with van der Waals surface area (Å²) in [5.74, 6) is 1.85. The molecule has 3 atom stereocenters. The molecule has 31 heavy (non-hydrogen) atoms. The summed E-state index contributed by atoms with van der Waals surface area (Å²) >= 11 is 0. The Labute approximate surface area is 185 Å². The van der Waals surface area contributed by atoms with Gasteiger partial charge < -0.3 is 15.0 Å². The number of ether oxygens (including phenoxy) is 1. The average Bonchev–Trinajstić information content (AvgIpc) is 3.34. The SMILES string of the molecule is CCOCC1CCCN(C[C@@H]2CCCC[C@H]2NC(=O)c2ccc(-n3cccn3)nc2)C1. The van der Waals surface area contributed by atoms with Crippen LogP contribution in [0.15, 0.2) is 36.8 Å². The van der Waals surface area contributed by atoms with E-state index in [0.29, 0.717) is 23.2 Å². The lowest BCUT2D eigenvalue weighted by molar-refractivity contribution is 0.0548. The molecule has 3 heterocycles. The number of carbonyl (C=O) groups is 1. The highest BCUT2D eigenvalue weighted by molar-refractivity contribution is 5.94. The van der Waals surface area contributed by atoms with Gasteiger partial charge in [0.2, 0.25) is 0 Å². The summed E-state index contributed by atoms with van der Waals surface area (Å²) in [5.41, 5.74) is 0.606. The third kappa shape index (κ3) is 5.92. The first-order valence-electron chi connectivity index (χ1n) is 11.8. The zero-order chi connectivity index (χ0) is 21.5. The number of hydrogen-bond donors (Lipinski definition) is 1. The van der Waals surface area contributed by atoms with Crippen molar-refractivity contribution in [3.63, 3.8) is 0 Å². The molecule has 0 bridgehead atoms. The van der Waals surface area contributed by atoms with E-state index in [9.17, 15) is 4.79 Å². The van der Waals surface area contributed by atoms with Gasteiger partial charge in [-0.05, 0) is 69.2 Å². The van der Waals surface area contributed by atoms with Crippen molar-refractivity contribution in [1.82, 2.24) is 25.0 Å². The third-order valence-electron chi connectivity index (χ3n) is 6.63. The second kappa shape index (κ2) is 10.9. The van der Waals surface area contributed by atoms with Gasteiger partial charge in [-0.2, -0.15) is 5.10 Å². The number of piperidine rings is 1. The summed E-state index contributed by atoms with van der Waals surface area (Å²) in [4.78, 5) is 19.9. The van der Waals surface area contributed by atoms with Gasteiger partial charge >= 0.3 is 0 Å². The van der Waals surface area contributed by atoms with Crippen molar-refractivity contribution >= 4 is 5.91 Å². The van der Waals surface area contributed by atoms with Gasteiger partial charge in [-0.25, -0.2) is 9.67 Å². The van der Waals surface area contributed by atoms with Gasteiger partial charge in [-0.3, -0.25) is 4.79 Å². The van der Waals surface area contributed by atoms with Gasteiger partial charge in [0.25, 0.3) is 5.91 Å². The standard InChI is InChI=1S/C24H35N5O2/c1-2-31-18-19-7-5-13-28(16-19)17-21-8-3-4-9-22(21)27-24(30)20-10-11-23(25-15-20)29-14-6-12-26-29/h6,10-12,14-15,19,21-22H,2-5,7-9,13,16-18H2,1H3,(H,27,30)/t19?,21-,22+/m0/s1. The molecule has 0 aromatic carbocycles. The Morgan fingerprint density at radius 1 is 1.23 bits per heavy atom. The highest BCUT2D eigenvalue weighted by atomic mass is 16.5. The van der Waals surface area contributed by atoms with E-state index >= 15 is 0 Å². The quantitative estimate of drug-likeness (QED) is 0.703. The van der Waals surface area contributed by atoms with Crippen molar-refractivity contribution in [2.45, 2.75) is 51.5 Å². The van der Waals surface area contributed by atoms with E-state index in [0.717, 1.165) is 32.7 Å². The summed E-state index contributed by atoms with van der Waals surface area (Å²) in [5, 5.41) is 7.50. The molecule has 7 heteroatoms. The predicted octanol–water partition coefficient (Wildman–Crippen LogP) is 3.30. The molecule has 1 saturated carbocycles. The maximum absolute atomic E-state index is 12.9. The molecule has 1 saturated heterocycles. The van der Waals surface area contributed by atoms with Crippen LogP contribution in [0.3, 0.4) is 0 Å². The van der Waals surface area contributed by atoms with E-state index in [1.807, 2.05) is 24.4 Å². The summed E-state index contributed by atoms with van der Waals surface area (Å²) < 4.78 is 7.36. The Balaban J connectivity index is 1.33. The van der Waals surface area contributed by atoms with Gasteiger partial charge in [-0.1, -0.05) is 12.8 Å². The van der Waals surface area contributed by atoms with Crippen LogP contribution in [0.2, 0.25) is 0 Å². The van der Waals surface area contributed by atoms with E-state index in [-0.39, 0.29) is 11.9 Å². The Kier molecular flexibility index (Phi) is 7.70. The summed E-state index contributed by atoms with van der Waals surface area (Å²) in [6.07, 6.45) is 12.4. The molecule has 2 aromatic rings. The molecule has 1 aliphatic carbocycles. The lowest BCUT2D eigenvalue weighted by Crippen LogP contribution is -2.48. The fourth-order valence-corrected chi connectivity index (χ4v) is 5.00. The van der Waals surface area contributed by atoms with Crippen LogP contribution in [0.25, 0.3) is 5.82 Å². The smallest absolute Gasteiger partial charge is 0.253 e. The number of amides is 1. The molecule has 168 valence electrons. The number of aromatic nitrogens is 3. The monoisotopic (exact) mass is 425 g/mol. The Bertz CT molecular complexity index is 808. The van der Waals surface area contributed by atoms with Crippen LogP contribution in [0, 0.1) is 11.8 Å². The Morgan fingerprint density at radius 2 is 2.13 bits per heavy atom. The minimum atomic E-state index is -0.0238. The average molecular weight is 426 g/mol. The molecule has 2 aromatic heterocycles. The van der Waals surface area contributed by atoms with Crippen LogP contribution in [0.5, 0.6) is 0 Å². The molecule has 4 rings (SSSR count). The molecule has 2 fully saturated rings. The van der Waals surface area contributed by atoms with Crippen LogP contribution in [0.1, 0.15) is 55.8 Å². The summed E-state index contributed by atoms with van der Waals surface area (Å²) in [6, 6.07) is 5.76. The number of nitrogens with zero attached hydrogens (tertiary/aromatic N) is 4. The van der Waals surface area contributed by atoms with Gasteiger partial charge in [0, 0.05) is 44.3 Å². The number of nitrogens with one attached hydrogen (secondary N) is 1. The Hall–Kier alpha value is -2.25. The van der Waals surface area contributed by atoms with Gasteiger partial charge in [0.15, 0.2) is 5.82 Å². The molecule has 2 aliphatic rings. The lowest BCUT2D eigenvalue weighted by Gasteiger charge is -2.39. The number of likely N-dealkylation sites (tertiary alicyclic amines) is 1. The zero-order valence-corrected chi connectivity index (χ0v) is 18.6. The fourth-order valence-electron chi connectivity index (χ4n) is 5.00. The van der Waals surface area contributed by atoms with Crippen molar-refractivity contribution in [2.24, 2.45) is 11.8 Å². The first-order chi connectivity index (χ1) is 15.2. The normalized spacial score (nSPS) is 24.7. The maximum atomic E-state index is 12.9. The van der Waals surface area contributed by atoms with Crippen molar-refractivity contribution in [1.29, 1.82) is 0 Å². The second-order valence-electron chi connectivity index (χ2n) is 8.91. The number of rotatable bonds is 8. The van der Waals surface area contributed by atoms with Gasteiger partial charge in [0.1, 0.15) is 0 Å². The maximum Gasteiger partial charge on any atom is 0.253 e. The summed E-state index contributed by atoms with van der Waals surface area (Å²) in [6.45, 7) is 7.10. The van der Waals surface area contributed by atoms with Gasteiger partial charge in [0.05, 0.1) is 12.2 Å². The highest BCUT2D eigenvalue weighted by Gasteiger charge is 2.30. The molecule has 1 unspecified atom stereocenters. The molecule has 1 N–H and O–H groups in total. The lowest BCUT2D eigenvalue weighted by atomic mass is 9.83. The van der Waals surface area contributed by atoms with Crippen molar-refractivity contribution in [3.8, 4) is 5.82 Å². The first-order valence-corrected chi connectivity index (χ1v) is 11.8. The minimum Gasteiger partial charge on any atom is -0.381 e. The van der Waals surface area contributed by atoms with Crippen molar-refractivity contribution < 1.29 is 9.53 Å². The molecule has 0 radical (unpaired) electrons. The van der Waals surface area contributed by atoms with Gasteiger partial charge in [-0.15, -0.1) is 0 Å². The van der Waals surface area contributed by atoms with Crippen LogP contribution in [0.4, 0.5) is 0 Å². The Morgan fingerprint density at radius 3 is 2.90 bits per heavy atom. The zero-order valence-electron chi connectivity index (χ0n) is 18.6. The number of carbonyl (C=O) groups excluding carboxylic acids is 1. The van der Waals surface area contributed by atoms with Crippen LogP contribution in [-0.4, -0.2) is 64.5 Å². The molecule has 1 aliphatic heterocycles. The molecule has 0 spiro atoms. The van der Waals surface area contributed by atoms with Crippen LogP contribution < -0.4 is 5.32 Å².